The van der Waals surface area contributed by atoms with Gasteiger partial charge in [0.1, 0.15) is 5.75 Å². The lowest BCUT2D eigenvalue weighted by Gasteiger charge is -2.09. The van der Waals surface area contributed by atoms with Gasteiger partial charge in [-0.15, -0.1) is 0 Å². The molecule has 0 fully saturated rings. The lowest BCUT2D eigenvalue weighted by atomic mass is 10.2. The van der Waals surface area contributed by atoms with Gasteiger partial charge in [0.15, 0.2) is 0 Å². The van der Waals surface area contributed by atoms with E-state index < -0.39 is 4.92 Å². The zero-order valence-electron chi connectivity index (χ0n) is 9.42. The van der Waals surface area contributed by atoms with Gasteiger partial charge in [-0.2, -0.15) is 5.26 Å². The molecule has 0 radical (unpaired) electrons. The first-order valence-corrected chi connectivity index (χ1v) is 5.11. The molecular weight excluding hydrogens is 222 g/mol. The number of hydrogen-bond acceptors (Lipinski definition) is 5. The lowest BCUT2D eigenvalue weighted by molar-refractivity contribution is -0.384. The van der Waals surface area contributed by atoms with Crippen molar-refractivity contribution in [3.05, 3.63) is 34.4 Å². The third-order valence-corrected chi connectivity index (χ3v) is 2.21. The van der Waals surface area contributed by atoms with E-state index in [-0.39, 0.29) is 11.7 Å². The summed E-state index contributed by atoms with van der Waals surface area (Å²) in [6, 6.07) is 7.77. The summed E-state index contributed by atoms with van der Waals surface area (Å²) in [6.07, 6.45) is 0.524. The Morgan fingerprint density at radius 1 is 1.65 bits per heavy atom. The van der Waals surface area contributed by atoms with Crippen molar-refractivity contribution in [3.63, 3.8) is 0 Å². The zero-order chi connectivity index (χ0) is 12.7. The highest BCUT2D eigenvalue weighted by atomic mass is 16.6. The second-order valence-electron chi connectivity index (χ2n) is 3.36. The average molecular weight is 235 g/mol. The van der Waals surface area contributed by atoms with Gasteiger partial charge in [-0.05, 0) is 13.1 Å². The van der Waals surface area contributed by atoms with Crippen molar-refractivity contribution in [1.82, 2.24) is 5.32 Å². The van der Waals surface area contributed by atoms with Crippen LogP contribution in [-0.4, -0.2) is 24.6 Å². The predicted molar refractivity (Wildman–Crippen MR) is 61.7 cm³/mol. The Kier molecular flexibility index (Phi) is 4.91. The molecule has 1 N–H and O–H groups in total. The van der Waals surface area contributed by atoms with Crippen LogP contribution in [0.25, 0.3) is 0 Å². The van der Waals surface area contributed by atoms with Crippen LogP contribution in [0.15, 0.2) is 24.3 Å². The summed E-state index contributed by atoms with van der Waals surface area (Å²) in [5.74, 6) is 0.437. The first kappa shape index (κ1) is 12.9. The molecule has 0 aliphatic carbocycles. The van der Waals surface area contributed by atoms with E-state index in [1.54, 1.807) is 19.2 Å². The third kappa shape index (κ3) is 4.09. The van der Waals surface area contributed by atoms with Gasteiger partial charge in [-0.25, -0.2) is 0 Å². The minimum absolute atomic E-state index is 0.00653. The number of benzene rings is 1. The monoisotopic (exact) mass is 235 g/mol. The van der Waals surface area contributed by atoms with Crippen LogP contribution in [0, 0.1) is 21.4 Å². The molecule has 0 aromatic heterocycles. The summed E-state index contributed by atoms with van der Waals surface area (Å²) in [5, 5.41) is 22.0. The van der Waals surface area contributed by atoms with Crippen molar-refractivity contribution in [1.29, 1.82) is 5.26 Å². The summed E-state index contributed by atoms with van der Waals surface area (Å²) >= 11 is 0. The van der Waals surface area contributed by atoms with Crippen LogP contribution >= 0.6 is 0 Å². The molecule has 6 nitrogen and oxygen atoms in total. The van der Waals surface area contributed by atoms with E-state index in [0.29, 0.717) is 18.8 Å². The van der Waals surface area contributed by atoms with Crippen molar-refractivity contribution >= 4 is 5.69 Å². The molecule has 1 unspecified atom stereocenters. The van der Waals surface area contributed by atoms with E-state index >= 15 is 0 Å². The highest BCUT2D eigenvalue weighted by Gasteiger charge is 2.07. The van der Waals surface area contributed by atoms with Gasteiger partial charge in [0.2, 0.25) is 0 Å². The predicted octanol–water partition coefficient (Wildman–Crippen LogP) is 1.48. The van der Waals surface area contributed by atoms with Gasteiger partial charge in [0, 0.05) is 12.5 Å². The van der Waals surface area contributed by atoms with Crippen LogP contribution < -0.4 is 10.1 Å². The molecule has 90 valence electrons. The number of non-ortho nitro benzene ring substituents is 1. The summed E-state index contributed by atoms with van der Waals surface area (Å²) in [6.45, 7) is 0.334. The summed E-state index contributed by atoms with van der Waals surface area (Å²) in [7, 11) is 1.70. The van der Waals surface area contributed by atoms with Crippen LogP contribution in [0.1, 0.15) is 6.42 Å². The first-order valence-electron chi connectivity index (χ1n) is 5.11. The molecule has 6 heteroatoms. The molecule has 0 saturated carbocycles. The number of ether oxygens (including phenoxy) is 1. The molecule has 0 amide bonds. The molecule has 1 aromatic carbocycles. The maximum atomic E-state index is 10.5. The smallest absolute Gasteiger partial charge is 0.273 e. The highest BCUT2D eigenvalue weighted by Crippen LogP contribution is 2.19. The maximum absolute atomic E-state index is 10.5. The number of nitro benzene ring substituents is 1. The van der Waals surface area contributed by atoms with Crippen LogP contribution in [0.2, 0.25) is 0 Å². The fourth-order valence-corrected chi connectivity index (χ4v) is 1.25. The minimum Gasteiger partial charge on any atom is -0.493 e. The van der Waals surface area contributed by atoms with E-state index in [0.717, 1.165) is 0 Å². The van der Waals surface area contributed by atoms with Gasteiger partial charge in [0.05, 0.1) is 29.7 Å². The van der Waals surface area contributed by atoms with Crippen molar-refractivity contribution in [2.75, 3.05) is 13.7 Å². The van der Waals surface area contributed by atoms with Gasteiger partial charge in [-0.3, -0.25) is 10.1 Å². The SMILES string of the molecule is CNC(C#N)CCOc1cccc([N+](=O)[O-])c1. The topological polar surface area (TPSA) is 88.2 Å². The molecule has 0 bridgehead atoms. The molecule has 0 aliphatic heterocycles. The van der Waals surface area contributed by atoms with Crippen molar-refractivity contribution < 1.29 is 9.66 Å². The Labute approximate surface area is 99.0 Å². The number of nitro groups is 1. The zero-order valence-corrected chi connectivity index (χ0v) is 9.42. The molecule has 17 heavy (non-hydrogen) atoms. The summed E-state index contributed by atoms with van der Waals surface area (Å²) in [4.78, 5) is 10.1. The largest absolute Gasteiger partial charge is 0.493 e. The van der Waals surface area contributed by atoms with Gasteiger partial charge in [-0.1, -0.05) is 6.07 Å². The summed E-state index contributed by atoms with van der Waals surface area (Å²) in [5.41, 5.74) is -0.00653. The normalized spacial score (nSPS) is 11.5. The molecule has 0 saturated heterocycles. The first-order chi connectivity index (χ1) is 8.17. The van der Waals surface area contributed by atoms with Gasteiger partial charge < -0.3 is 10.1 Å². The molecule has 1 atom stereocenters. The van der Waals surface area contributed by atoms with Gasteiger partial charge in [0.25, 0.3) is 5.69 Å². The van der Waals surface area contributed by atoms with Gasteiger partial charge >= 0.3 is 0 Å². The number of rotatable bonds is 6. The third-order valence-electron chi connectivity index (χ3n) is 2.21. The average Bonchev–Trinajstić information content (AvgIpc) is 2.35. The van der Waals surface area contributed by atoms with Crippen molar-refractivity contribution in [2.24, 2.45) is 0 Å². The lowest BCUT2D eigenvalue weighted by Crippen LogP contribution is -2.25. The Morgan fingerprint density at radius 3 is 3.00 bits per heavy atom. The number of hydrogen-bond donors (Lipinski definition) is 1. The van der Waals surface area contributed by atoms with E-state index in [1.807, 2.05) is 0 Å². The van der Waals surface area contributed by atoms with E-state index in [4.69, 9.17) is 10.00 Å². The quantitative estimate of drug-likeness (QED) is 0.595. The molecule has 1 aromatic rings. The fraction of sp³-hybridized carbons (Fsp3) is 0.364. The Bertz CT molecular complexity index is 428. The van der Waals surface area contributed by atoms with E-state index in [9.17, 15) is 10.1 Å². The van der Waals surface area contributed by atoms with Crippen LogP contribution in [-0.2, 0) is 0 Å². The minimum atomic E-state index is -0.474. The highest BCUT2D eigenvalue weighted by molar-refractivity contribution is 5.37. The number of nitrogens with one attached hydrogen (secondary N) is 1. The standard InChI is InChI=1S/C11H13N3O3/c1-13-9(8-12)5-6-17-11-4-2-3-10(7-11)14(15)16/h2-4,7,9,13H,5-6H2,1H3. The number of nitrogens with zero attached hydrogens (tertiary/aromatic N) is 2. The van der Waals surface area contributed by atoms with Crippen LogP contribution in [0.5, 0.6) is 5.75 Å². The Morgan fingerprint density at radius 2 is 2.41 bits per heavy atom. The molecule has 1 rings (SSSR count). The molecule has 0 spiro atoms. The Hall–Kier alpha value is -2.13. The fourth-order valence-electron chi connectivity index (χ4n) is 1.25. The number of nitriles is 1. The second-order valence-corrected chi connectivity index (χ2v) is 3.36. The van der Waals surface area contributed by atoms with Crippen molar-refractivity contribution in [3.8, 4) is 11.8 Å². The van der Waals surface area contributed by atoms with Crippen LogP contribution in [0.4, 0.5) is 5.69 Å². The van der Waals surface area contributed by atoms with E-state index in [2.05, 4.69) is 11.4 Å². The Balaban J connectivity index is 2.50. The van der Waals surface area contributed by atoms with Crippen LogP contribution in [0.3, 0.4) is 0 Å². The molecule has 0 aliphatic rings. The maximum Gasteiger partial charge on any atom is 0.273 e. The molecular formula is C11H13N3O3. The van der Waals surface area contributed by atoms with E-state index in [1.165, 1.54) is 12.1 Å². The second kappa shape index (κ2) is 6.45. The van der Waals surface area contributed by atoms with Crippen molar-refractivity contribution in [2.45, 2.75) is 12.5 Å². The molecule has 0 heterocycles. The summed E-state index contributed by atoms with van der Waals surface area (Å²) < 4.78 is 5.34.